The van der Waals surface area contributed by atoms with E-state index in [0.717, 1.165) is 52.1 Å². The van der Waals surface area contributed by atoms with Crippen LogP contribution in [0.4, 0.5) is 0 Å². The van der Waals surface area contributed by atoms with Crippen molar-refractivity contribution in [3.05, 3.63) is 0 Å². The Balaban J connectivity index is 1.58. The van der Waals surface area contributed by atoms with Gasteiger partial charge in [-0.15, -0.1) is 0 Å². The molecule has 1 saturated carbocycles. The molecule has 1 amide bonds. The van der Waals surface area contributed by atoms with Crippen LogP contribution in [0.25, 0.3) is 0 Å². The summed E-state index contributed by atoms with van der Waals surface area (Å²) in [5.41, 5.74) is -0.0746. The average molecular weight is 293 g/mol. The second-order valence-electron chi connectivity index (χ2n) is 7.45. The van der Waals surface area contributed by atoms with E-state index in [-0.39, 0.29) is 5.41 Å². The number of likely N-dealkylation sites (tertiary alicyclic amines) is 1. The summed E-state index contributed by atoms with van der Waals surface area (Å²) in [6, 6.07) is 0.602. The largest absolute Gasteiger partial charge is 0.341 e. The van der Waals surface area contributed by atoms with E-state index in [4.69, 9.17) is 0 Å². The highest BCUT2D eigenvalue weighted by atomic mass is 16.2. The Morgan fingerprint density at radius 3 is 2.38 bits per heavy atom. The maximum Gasteiger partial charge on any atom is 0.228 e. The summed E-state index contributed by atoms with van der Waals surface area (Å²) in [6.45, 7) is 8.65. The third-order valence-corrected chi connectivity index (χ3v) is 5.84. The summed E-state index contributed by atoms with van der Waals surface area (Å²) in [4.78, 5) is 17.8. The third-order valence-electron chi connectivity index (χ3n) is 5.84. The van der Waals surface area contributed by atoms with Gasteiger partial charge in [-0.2, -0.15) is 0 Å². The van der Waals surface area contributed by atoms with Gasteiger partial charge in [0.25, 0.3) is 0 Å². The van der Waals surface area contributed by atoms with Gasteiger partial charge in [0, 0.05) is 50.7 Å². The van der Waals surface area contributed by atoms with Crippen molar-refractivity contribution < 1.29 is 4.79 Å². The number of piperazine rings is 1. The molecule has 0 aromatic rings. The molecule has 2 saturated heterocycles. The molecule has 2 aliphatic heterocycles. The van der Waals surface area contributed by atoms with Crippen molar-refractivity contribution in [3.8, 4) is 0 Å². The van der Waals surface area contributed by atoms with E-state index in [9.17, 15) is 4.79 Å². The predicted octanol–water partition coefficient (Wildman–Crippen LogP) is 1.85. The van der Waals surface area contributed by atoms with Gasteiger partial charge >= 0.3 is 0 Å². The first-order chi connectivity index (χ1) is 10.2. The van der Waals surface area contributed by atoms with Crippen molar-refractivity contribution in [3.63, 3.8) is 0 Å². The zero-order chi connectivity index (χ0) is 14.7. The molecule has 0 radical (unpaired) electrons. The van der Waals surface area contributed by atoms with E-state index in [2.05, 4.69) is 22.0 Å². The van der Waals surface area contributed by atoms with Gasteiger partial charge in [0.05, 0.1) is 0 Å². The molecule has 120 valence electrons. The molecular formula is C17H31N3O. The van der Waals surface area contributed by atoms with Crippen LogP contribution in [-0.2, 0) is 4.79 Å². The topological polar surface area (TPSA) is 35.6 Å². The Labute approximate surface area is 129 Å². The van der Waals surface area contributed by atoms with E-state index < -0.39 is 0 Å². The van der Waals surface area contributed by atoms with Crippen molar-refractivity contribution in [2.45, 2.75) is 57.9 Å². The van der Waals surface area contributed by atoms with Crippen LogP contribution in [0, 0.1) is 5.41 Å². The number of carbonyl (C=O) groups is 1. The number of amides is 1. The van der Waals surface area contributed by atoms with E-state index >= 15 is 0 Å². The van der Waals surface area contributed by atoms with Crippen molar-refractivity contribution in [2.75, 3.05) is 39.3 Å². The van der Waals surface area contributed by atoms with Gasteiger partial charge in [-0.05, 0) is 19.3 Å². The first-order valence-electron chi connectivity index (χ1n) is 8.93. The van der Waals surface area contributed by atoms with Gasteiger partial charge in [-0.1, -0.05) is 32.6 Å². The molecule has 21 heavy (non-hydrogen) atoms. The molecule has 3 fully saturated rings. The Hall–Kier alpha value is -0.610. The second-order valence-corrected chi connectivity index (χ2v) is 7.45. The fourth-order valence-corrected chi connectivity index (χ4v) is 4.38. The van der Waals surface area contributed by atoms with Crippen LogP contribution in [0.1, 0.15) is 51.9 Å². The van der Waals surface area contributed by atoms with E-state index in [1.165, 1.54) is 32.1 Å². The summed E-state index contributed by atoms with van der Waals surface area (Å²) in [5.74, 6) is 0.446. The standard InChI is InChI=1S/C17H31N3O/c1-17(7-4-2-3-5-8-17)16(21)20-11-6-15(14-20)19-12-9-18-10-13-19/h15,18H,2-14H2,1H3. The SMILES string of the molecule is CC1(C(=O)N2CCC(N3CCNCC3)C2)CCCCCC1. The zero-order valence-corrected chi connectivity index (χ0v) is 13.6. The molecule has 3 aliphatic rings. The minimum Gasteiger partial charge on any atom is -0.341 e. The molecule has 0 spiro atoms. The van der Waals surface area contributed by atoms with Crippen LogP contribution in [0.2, 0.25) is 0 Å². The molecule has 1 aliphatic carbocycles. The van der Waals surface area contributed by atoms with Crippen LogP contribution in [0.3, 0.4) is 0 Å². The van der Waals surface area contributed by atoms with Crippen LogP contribution in [0.15, 0.2) is 0 Å². The van der Waals surface area contributed by atoms with Crippen LogP contribution >= 0.6 is 0 Å². The summed E-state index contributed by atoms with van der Waals surface area (Å²) in [5, 5.41) is 3.41. The molecule has 1 unspecified atom stereocenters. The summed E-state index contributed by atoms with van der Waals surface area (Å²) < 4.78 is 0. The number of nitrogens with one attached hydrogen (secondary N) is 1. The number of hydrogen-bond donors (Lipinski definition) is 1. The fraction of sp³-hybridized carbons (Fsp3) is 0.941. The number of hydrogen-bond acceptors (Lipinski definition) is 3. The van der Waals surface area contributed by atoms with Gasteiger partial charge in [0.2, 0.25) is 5.91 Å². The number of carbonyl (C=O) groups excluding carboxylic acids is 1. The molecule has 1 atom stereocenters. The Morgan fingerprint density at radius 2 is 1.71 bits per heavy atom. The highest BCUT2D eigenvalue weighted by Crippen LogP contribution is 2.37. The summed E-state index contributed by atoms with van der Waals surface area (Å²) in [6.07, 6.45) is 8.45. The van der Waals surface area contributed by atoms with Crippen molar-refractivity contribution in [2.24, 2.45) is 5.41 Å². The maximum absolute atomic E-state index is 13.0. The number of nitrogens with zero attached hydrogens (tertiary/aromatic N) is 2. The van der Waals surface area contributed by atoms with Crippen LogP contribution in [-0.4, -0.2) is 61.0 Å². The molecule has 4 heteroatoms. The highest BCUT2D eigenvalue weighted by Gasteiger charge is 2.40. The van der Waals surface area contributed by atoms with Crippen LogP contribution < -0.4 is 5.32 Å². The summed E-state index contributed by atoms with van der Waals surface area (Å²) in [7, 11) is 0. The quantitative estimate of drug-likeness (QED) is 0.789. The van der Waals surface area contributed by atoms with Crippen molar-refractivity contribution in [1.82, 2.24) is 15.1 Å². The Morgan fingerprint density at radius 1 is 1.05 bits per heavy atom. The predicted molar refractivity (Wildman–Crippen MR) is 85.2 cm³/mol. The molecule has 0 aromatic heterocycles. The monoisotopic (exact) mass is 293 g/mol. The fourth-order valence-electron chi connectivity index (χ4n) is 4.38. The average Bonchev–Trinajstić information content (AvgIpc) is 2.90. The van der Waals surface area contributed by atoms with Gasteiger partial charge in [-0.25, -0.2) is 0 Å². The lowest BCUT2D eigenvalue weighted by Gasteiger charge is -2.34. The molecular weight excluding hydrogens is 262 g/mol. The first-order valence-corrected chi connectivity index (χ1v) is 8.93. The molecule has 4 nitrogen and oxygen atoms in total. The van der Waals surface area contributed by atoms with Gasteiger partial charge in [0.1, 0.15) is 0 Å². The first kappa shape index (κ1) is 15.3. The van der Waals surface area contributed by atoms with Crippen molar-refractivity contribution >= 4 is 5.91 Å². The number of rotatable bonds is 2. The zero-order valence-electron chi connectivity index (χ0n) is 13.6. The smallest absolute Gasteiger partial charge is 0.228 e. The lowest BCUT2D eigenvalue weighted by molar-refractivity contribution is -0.141. The maximum atomic E-state index is 13.0. The van der Waals surface area contributed by atoms with E-state index in [1.807, 2.05) is 0 Å². The molecule has 0 aromatic carbocycles. The van der Waals surface area contributed by atoms with Gasteiger partial charge in [-0.3, -0.25) is 9.69 Å². The van der Waals surface area contributed by atoms with Gasteiger partial charge < -0.3 is 10.2 Å². The lowest BCUT2D eigenvalue weighted by atomic mass is 9.81. The molecule has 2 heterocycles. The minimum atomic E-state index is -0.0746. The van der Waals surface area contributed by atoms with E-state index in [1.54, 1.807) is 0 Å². The Kier molecular flexibility index (Phi) is 4.85. The van der Waals surface area contributed by atoms with Crippen molar-refractivity contribution in [1.29, 1.82) is 0 Å². The third kappa shape index (κ3) is 3.42. The normalized spacial score (nSPS) is 31.1. The van der Waals surface area contributed by atoms with E-state index in [0.29, 0.717) is 11.9 Å². The summed E-state index contributed by atoms with van der Waals surface area (Å²) >= 11 is 0. The lowest BCUT2D eigenvalue weighted by Crippen LogP contribution is -2.50. The minimum absolute atomic E-state index is 0.0746. The van der Waals surface area contributed by atoms with Crippen LogP contribution in [0.5, 0.6) is 0 Å². The molecule has 1 N–H and O–H groups in total. The Bertz CT molecular complexity index is 357. The van der Waals surface area contributed by atoms with Gasteiger partial charge in [0.15, 0.2) is 0 Å². The molecule has 3 rings (SSSR count). The second kappa shape index (κ2) is 6.66. The highest BCUT2D eigenvalue weighted by molar-refractivity contribution is 5.82. The molecule has 0 bridgehead atoms.